The van der Waals surface area contributed by atoms with Gasteiger partial charge < -0.3 is 10.1 Å². The quantitative estimate of drug-likeness (QED) is 0.786. The molecule has 1 N–H and O–H groups in total. The van der Waals surface area contributed by atoms with E-state index in [9.17, 15) is 4.79 Å². The summed E-state index contributed by atoms with van der Waals surface area (Å²) >= 11 is 0. The summed E-state index contributed by atoms with van der Waals surface area (Å²) in [5.41, 5.74) is 0.497. The number of ether oxygens (including phenoxy) is 1. The number of amides is 1. The van der Waals surface area contributed by atoms with Crippen molar-refractivity contribution in [2.45, 2.75) is 13.8 Å². The molecule has 25 heavy (non-hydrogen) atoms. The summed E-state index contributed by atoms with van der Waals surface area (Å²) in [7, 11) is 0. The molecule has 0 saturated heterocycles. The number of benzene rings is 2. The minimum Gasteiger partial charge on any atom is -0.457 e. The summed E-state index contributed by atoms with van der Waals surface area (Å²) in [6.07, 6.45) is 0. The van der Waals surface area contributed by atoms with Crippen LogP contribution >= 0.6 is 0 Å². The summed E-state index contributed by atoms with van der Waals surface area (Å²) in [5.74, 6) is 7.10. The van der Waals surface area contributed by atoms with Crippen LogP contribution in [0.4, 0.5) is 0 Å². The lowest BCUT2D eigenvalue weighted by molar-refractivity contribution is 0.0956. The fourth-order valence-corrected chi connectivity index (χ4v) is 2.26. The van der Waals surface area contributed by atoms with E-state index in [1.165, 1.54) is 0 Å². The minimum atomic E-state index is -0.191. The Hall–Kier alpha value is -2.77. The maximum atomic E-state index is 12.4. The molecule has 2 rings (SSSR count). The molecule has 0 bridgehead atoms. The highest BCUT2D eigenvalue weighted by Gasteiger charge is 2.11. The second-order valence-corrected chi connectivity index (χ2v) is 5.41. The van der Waals surface area contributed by atoms with Gasteiger partial charge in [-0.25, -0.2) is 0 Å². The fraction of sp³-hybridized carbons (Fsp3) is 0.286. The molecule has 2 aromatic carbocycles. The maximum absolute atomic E-state index is 12.4. The van der Waals surface area contributed by atoms with Crippen molar-refractivity contribution in [2.24, 2.45) is 0 Å². The first-order valence-electron chi connectivity index (χ1n) is 8.52. The lowest BCUT2D eigenvalue weighted by atomic mass is 10.2. The number of para-hydroxylation sites is 2. The van der Waals surface area contributed by atoms with Crippen molar-refractivity contribution in [3.05, 3.63) is 60.2 Å². The lowest BCUT2D eigenvalue weighted by Gasteiger charge is -2.13. The highest BCUT2D eigenvalue weighted by Crippen LogP contribution is 2.24. The van der Waals surface area contributed by atoms with E-state index < -0.39 is 0 Å². The smallest absolute Gasteiger partial charge is 0.255 e. The van der Waals surface area contributed by atoms with Crippen LogP contribution in [0, 0.1) is 11.8 Å². The van der Waals surface area contributed by atoms with Crippen molar-refractivity contribution in [2.75, 3.05) is 26.2 Å². The summed E-state index contributed by atoms with van der Waals surface area (Å²) in [5, 5.41) is 2.82. The van der Waals surface area contributed by atoms with E-state index in [0.29, 0.717) is 23.6 Å². The van der Waals surface area contributed by atoms with Crippen LogP contribution in [0.2, 0.25) is 0 Å². The second-order valence-electron chi connectivity index (χ2n) is 5.41. The third-order valence-electron chi connectivity index (χ3n) is 3.76. The van der Waals surface area contributed by atoms with E-state index in [4.69, 9.17) is 4.74 Å². The van der Waals surface area contributed by atoms with Gasteiger partial charge in [0, 0.05) is 0 Å². The van der Waals surface area contributed by atoms with Gasteiger partial charge in [0.1, 0.15) is 11.5 Å². The fourth-order valence-electron chi connectivity index (χ4n) is 2.26. The van der Waals surface area contributed by atoms with E-state index in [-0.39, 0.29) is 5.91 Å². The first-order valence-corrected chi connectivity index (χ1v) is 8.52. The third-order valence-corrected chi connectivity index (χ3v) is 3.76. The van der Waals surface area contributed by atoms with E-state index in [2.05, 4.69) is 35.9 Å². The van der Waals surface area contributed by atoms with Gasteiger partial charge in [0.2, 0.25) is 0 Å². The van der Waals surface area contributed by atoms with Crippen LogP contribution in [0.3, 0.4) is 0 Å². The first kappa shape index (κ1) is 18.6. The van der Waals surface area contributed by atoms with Crippen molar-refractivity contribution >= 4 is 5.91 Å². The Labute approximate surface area is 149 Å². The van der Waals surface area contributed by atoms with Gasteiger partial charge in [-0.05, 0) is 37.4 Å². The average Bonchev–Trinajstić information content (AvgIpc) is 2.66. The van der Waals surface area contributed by atoms with Crippen LogP contribution in [0.15, 0.2) is 54.6 Å². The lowest BCUT2D eigenvalue weighted by Crippen LogP contribution is -2.25. The molecular weight excluding hydrogens is 312 g/mol. The van der Waals surface area contributed by atoms with E-state index >= 15 is 0 Å². The van der Waals surface area contributed by atoms with Crippen molar-refractivity contribution < 1.29 is 9.53 Å². The number of hydrogen-bond donors (Lipinski definition) is 1. The Kier molecular flexibility index (Phi) is 7.55. The second kappa shape index (κ2) is 10.2. The number of nitrogens with zero attached hydrogens (tertiary/aromatic N) is 1. The molecule has 0 aliphatic rings. The molecule has 4 nitrogen and oxygen atoms in total. The van der Waals surface area contributed by atoms with Gasteiger partial charge in [0.25, 0.3) is 5.91 Å². The van der Waals surface area contributed by atoms with E-state index in [1.807, 2.05) is 42.5 Å². The van der Waals surface area contributed by atoms with Gasteiger partial charge in [0.15, 0.2) is 0 Å². The van der Waals surface area contributed by atoms with Crippen LogP contribution in [0.1, 0.15) is 24.2 Å². The van der Waals surface area contributed by atoms with Crippen molar-refractivity contribution in [3.63, 3.8) is 0 Å². The Bertz CT molecular complexity index is 728. The molecule has 4 heteroatoms. The molecule has 0 aromatic heterocycles. The molecule has 0 atom stereocenters. The van der Waals surface area contributed by atoms with Crippen molar-refractivity contribution in [1.82, 2.24) is 10.2 Å². The third kappa shape index (κ3) is 5.98. The average molecular weight is 336 g/mol. The maximum Gasteiger partial charge on any atom is 0.255 e. The number of rotatable bonds is 7. The van der Waals surface area contributed by atoms with E-state index in [1.54, 1.807) is 12.1 Å². The summed E-state index contributed by atoms with van der Waals surface area (Å²) in [6, 6.07) is 16.6. The highest BCUT2D eigenvalue weighted by molar-refractivity contribution is 5.97. The van der Waals surface area contributed by atoms with E-state index in [0.717, 1.165) is 19.6 Å². The monoisotopic (exact) mass is 336 g/mol. The van der Waals surface area contributed by atoms with Gasteiger partial charge in [-0.3, -0.25) is 9.69 Å². The Morgan fingerprint density at radius 3 is 2.40 bits per heavy atom. The standard InChI is InChI=1S/C21H24N2O2/c1-3-23(4-2)17-11-10-16-22-21(24)19-14-8-9-15-20(19)25-18-12-6-5-7-13-18/h5-9,12-15H,3-4,16-17H2,1-2H3,(H,22,24). The Morgan fingerprint density at radius 2 is 1.68 bits per heavy atom. The number of carbonyl (C=O) groups excluding carboxylic acids is 1. The Morgan fingerprint density at radius 1 is 1.00 bits per heavy atom. The number of hydrogen-bond acceptors (Lipinski definition) is 3. The zero-order valence-electron chi connectivity index (χ0n) is 14.8. The van der Waals surface area contributed by atoms with Gasteiger partial charge in [-0.1, -0.05) is 56.0 Å². The van der Waals surface area contributed by atoms with Crippen molar-refractivity contribution in [3.8, 4) is 23.3 Å². The van der Waals surface area contributed by atoms with Crippen molar-refractivity contribution in [1.29, 1.82) is 0 Å². The SMILES string of the molecule is CCN(CC)CC#CCNC(=O)c1ccccc1Oc1ccccc1. The molecule has 0 heterocycles. The highest BCUT2D eigenvalue weighted by atomic mass is 16.5. The van der Waals surface area contributed by atoms with Crippen LogP contribution in [0.25, 0.3) is 0 Å². The van der Waals surface area contributed by atoms with Crippen LogP contribution < -0.4 is 10.1 Å². The van der Waals surface area contributed by atoms with Gasteiger partial charge in [-0.2, -0.15) is 0 Å². The zero-order valence-corrected chi connectivity index (χ0v) is 14.8. The molecule has 0 spiro atoms. The molecule has 0 fully saturated rings. The molecule has 1 amide bonds. The van der Waals surface area contributed by atoms with Gasteiger partial charge >= 0.3 is 0 Å². The molecule has 2 aromatic rings. The molecule has 0 saturated carbocycles. The molecule has 0 aliphatic carbocycles. The molecule has 0 aliphatic heterocycles. The predicted octanol–water partition coefficient (Wildman–Crippen LogP) is 3.55. The first-order chi connectivity index (χ1) is 12.2. The van der Waals surface area contributed by atoms with Crippen LogP contribution in [-0.4, -0.2) is 37.0 Å². The Balaban J connectivity index is 1.95. The molecule has 0 radical (unpaired) electrons. The van der Waals surface area contributed by atoms with Crippen LogP contribution in [0.5, 0.6) is 11.5 Å². The summed E-state index contributed by atoms with van der Waals surface area (Å²) in [6.45, 7) is 7.20. The number of carbonyl (C=O) groups is 1. The summed E-state index contributed by atoms with van der Waals surface area (Å²) in [4.78, 5) is 14.6. The minimum absolute atomic E-state index is 0.191. The topological polar surface area (TPSA) is 41.6 Å². The number of nitrogens with one attached hydrogen (secondary N) is 1. The zero-order chi connectivity index (χ0) is 17.9. The summed E-state index contributed by atoms with van der Waals surface area (Å²) < 4.78 is 5.82. The molecule has 0 unspecified atom stereocenters. The largest absolute Gasteiger partial charge is 0.457 e. The molecular formula is C21H24N2O2. The van der Waals surface area contributed by atoms with Crippen LogP contribution in [-0.2, 0) is 0 Å². The predicted molar refractivity (Wildman–Crippen MR) is 101 cm³/mol. The van der Waals surface area contributed by atoms with Gasteiger partial charge in [-0.15, -0.1) is 0 Å². The molecule has 130 valence electrons. The van der Waals surface area contributed by atoms with Gasteiger partial charge in [0.05, 0.1) is 18.7 Å². The normalized spacial score (nSPS) is 10.0.